The van der Waals surface area contributed by atoms with E-state index in [0.29, 0.717) is 5.69 Å². The lowest BCUT2D eigenvalue weighted by molar-refractivity contribution is 0.0703. The summed E-state index contributed by atoms with van der Waals surface area (Å²) in [5, 5.41) is 9.07. The average Bonchev–Trinajstić information content (AvgIpc) is 2.57. The zero-order valence-electron chi connectivity index (χ0n) is 9.33. The minimum Gasteiger partial charge on any atom is -0.477 e. The maximum Gasteiger partial charge on any atom is 0.348 e. The molecular weight excluding hydrogens is 382 g/mol. The second-order valence-corrected chi connectivity index (χ2v) is 6.52. The minimum atomic E-state index is -0.986. The van der Waals surface area contributed by atoms with Crippen molar-refractivity contribution >= 4 is 54.9 Å². The largest absolute Gasteiger partial charge is 0.477 e. The molecule has 0 radical (unpaired) electrons. The first kappa shape index (κ1) is 13.6. The third kappa shape index (κ3) is 2.32. The van der Waals surface area contributed by atoms with Gasteiger partial charge in [0.05, 0.1) is 5.69 Å². The van der Waals surface area contributed by atoms with E-state index in [0.717, 1.165) is 24.9 Å². The number of carboxylic acid groups (broad SMARTS) is 1. The highest BCUT2D eigenvalue weighted by Crippen LogP contribution is 2.41. The van der Waals surface area contributed by atoms with Crippen LogP contribution in [0.2, 0.25) is 0 Å². The number of rotatable bonds is 2. The fraction of sp³-hybridized carbons (Fsp3) is 0.0833. The molecule has 0 aliphatic heterocycles. The van der Waals surface area contributed by atoms with Crippen LogP contribution < -0.4 is 5.73 Å². The number of halogens is 2. The molecule has 94 valence electrons. The Bertz CT molecular complexity index is 637. The highest BCUT2D eigenvalue weighted by molar-refractivity contribution is 9.11. The molecule has 0 fully saturated rings. The molecule has 2 aromatic rings. The molecule has 1 heterocycles. The lowest BCUT2D eigenvalue weighted by Gasteiger charge is -2.04. The summed E-state index contributed by atoms with van der Waals surface area (Å²) in [7, 11) is 0. The van der Waals surface area contributed by atoms with Gasteiger partial charge in [-0.2, -0.15) is 0 Å². The normalized spacial score (nSPS) is 10.6. The van der Waals surface area contributed by atoms with Crippen molar-refractivity contribution < 1.29 is 9.90 Å². The fourth-order valence-corrected chi connectivity index (χ4v) is 4.10. The van der Waals surface area contributed by atoms with Gasteiger partial charge in [0.2, 0.25) is 0 Å². The Balaban J connectivity index is 2.64. The number of anilines is 1. The summed E-state index contributed by atoms with van der Waals surface area (Å²) in [5.41, 5.74) is 7.92. The van der Waals surface area contributed by atoms with E-state index in [1.54, 1.807) is 0 Å². The molecule has 3 N–H and O–H groups in total. The van der Waals surface area contributed by atoms with Crippen LogP contribution in [0, 0.1) is 6.92 Å². The minimum absolute atomic E-state index is 0.192. The molecule has 0 atom stereocenters. The van der Waals surface area contributed by atoms with Gasteiger partial charge in [0.25, 0.3) is 0 Å². The van der Waals surface area contributed by atoms with Crippen molar-refractivity contribution in [1.82, 2.24) is 0 Å². The first-order valence-electron chi connectivity index (χ1n) is 4.99. The molecule has 2 rings (SSSR count). The summed E-state index contributed by atoms with van der Waals surface area (Å²) in [5.74, 6) is -0.986. The number of nitrogens with two attached hydrogens (primary N) is 1. The Morgan fingerprint density at radius 2 is 2.06 bits per heavy atom. The van der Waals surface area contributed by atoms with Gasteiger partial charge in [-0.15, -0.1) is 11.3 Å². The van der Waals surface area contributed by atoms with Gasteiger partial charge in [0, 0.05) is 19.4 Å². The van der Waals surface area contributed by atoms with Gasteiger partial charge in [0.15, 0.2) is 0 Å². The highest BCUT2D eigenvalue weighted by Gasteiger charge is 2.19. The van der Waals surface area contributed by atoms with E-state index >= 15 is 0 Å². The van der Waals surface area contributed by atoms with Crippen LogP contribution >= 0.6 is 43.2 Å². The molecule has 1 aromatic carbocycles. The van der Waals surface area contributed by atoms with Crippen LogP contribution in [-0.4, -0.2) is 11.1 Å². The predicted octanol–water partition coefficient (Wildman–Crippen LogP) is 4.53. The third-order valence-corrected chi connectivity index (χ3v) is 5.04. The standard InChI is InChI=1S/C12H9Br2NO2S/c1-5-9(15)11(12(16)17)18-10(5)7-3-2-6(13)4-8(7)14/h2-4H,15H2,1H3,(H,16,17). The van der Waals surface area contributed by atoms with Gasteiger partial charge in [-0.1, -0.05) is 37.9 Å². The maximum absolute atomic E-state index is 11.1. The third-order valence-electron chi connectivity index (χ3n) is 2.56. The van der Waals surface area contributed by atoms with Crippen molar-refractivity contribution in [2.45, 2.75) is 6.92 Å². The molecule has 18 heavy (non-hydrogen) atoms. The first-order valence-corrected chi connectivity index (χ1v) is 7.39. The summed E-state index contributed by atoms with van der Waals surface area (Å²) >= 11 is 8.06. The van der Waals surface area contributed by atoms with Gasteiger partial charge >= 0.3 is 5.97 Å². The number of carbonyl (C=O) groups is 1. The van der Waals surface area contributed by atoms with Crippen LogP contribution in [0.4, 0.5) is 5.69 Å². The van der Waals surface area contributed by atoms with Crippen molar-refractivity contribution in [2.75, 3.05) is 5.73 Å². The molecular formula is C12H9Br2NO2S. The number of thiophene rings is 1. The van der Waals surface area contributed by atoms with E-state index in [9.17, 15) is 4.79 Å². The van der Waals surface area contributed by atoms with Gasteiger partial charge in [0.1, 0.15) is 4.88 Å². The predicted molar refractivity (Wildman–Crippen MR) is 81.3 cm³/mol. The second-order valence-electron chi connectivity index (χ2n) is 3.73. The number of hydrogen-bond acceptors (Lipinski definition) is 3. The van der Waals surface area contributed by atoms with Crippen LogP contribution in [0.3, 0.4) is 0 Å². The quantitative estimate of drug-likeness (QED) is 0.791. The molecule has 0 bridgehead atoms. The molecule has 3 nitrogen and oxygen atoms in total. The summed E-state index contributed by atoms with van der Waals surface area (Å²) in [6.45, 7) is 1.84. The smallest absolute Gasteiger partial charge is 0.348 e. The van der Waals surface area contributed by atoms with E-state index in [-0.39, 0.29) is 4.88 Å². The zero-order chi connectivity index (χ0) is 13.4. The molecule has 0 spiro atoms. The van der Waals surface area contributed by atoms with Gasteiger partial charge in [-0.3, -0.25) is 0 Å². The SMILES string of the molecule is Cc1c(-c2ccc(Br)cc2Br)sc(C(=O)O)c1N. The number of carboxylic acids is 1. The van der Waals surface area contributed by atoms with Crippen LogP contribution in [0.25, 0.3) is 10.4 Å². The van der Waals surface area contributed by atoms with Gasteiger partial charge in [-0.25, -0.2) is 4.79 Å². The number of nitrogen functional groups attached to an aromatic ring is 1. The fourth-order valence-electron chi connectivity index (χ4n) is 1.62. The Kier molecular flexibility index (Phi) is 3.79. The van der Waals surface area contributed by atoms with Crippen molar-refractivity contribution in [1.29, 1.82) is 0 Å². The van der Waals surface area contributed by atoms with Crippen LogP contribution in [0.5, 0.6) is 0 Å². The number of benzene rings is 1. The Morgan fingerprint density at radius 1 is 1.39 bits per heavy atom. The summed E-state index contributed by atoms with van der Waals surface area (Å²) < 4.78 is 1.86. The van der Waals surface area contributed by atoms with E-state index in [2.05, 4.69) is 31.9 Å². The van der Waals surface area contributed by atoms with Gasteiger partial charge < -0.3 is 10.8 Å². The topological polar surface area (TPSA) is 63.3 Å². The molecule has 1 aromatic heterocycles. The van der Waals surface area contributed by atoms with Crippen LogP contribution in [-0.2, 0) is 0 Å². The Labute approximate surface area is 125 Å². The monoisotopic (exact) mass is 389 g/mol. The Hall–Kier alpha value is -0.850. The van der Waals surface area contributed by atoms with Gasteiger partial charge in [-0.05, 0) is 24.6 Å². The van der Waals surface area contributed by atoms with E-state index < -0.39 is 5.97 Å². The molecule has 0 aliphatic carbocycles. The Morgan fingerprint density at radius 3 is 2.56 bits per heavy atom. The molecule has 0 saturated heterocycles. The molecule has 0 saturated carbocycles. The molecule has 0 unspecified atom stereocenters. The van der Waals surface area contributed by atoms with Crippen LogP contribution in [0.1, 0.15) is 15.2 Å². The molecule has 0 aliphatic rings. The van der Waals surface area contributed by atoms with Crippen molar-refractivity contribution in [3.05, 3.63) is 37.6 Å². The van der Waals surface area contributed by atoms with E-state index in [4.69, 9.17) is 10.8 Å². The lowest BCUT2D eigenvalue weighted by atomic mass is 10.1. The van der Waals surface area contributed by atoms with Crippen molar-refractivity contribution in [3.63, 3.8) is 0 Å². The van der Waals surface area contributed by atoms with E-state index in [1.165, 1.54) is 11.3 Å². The zero-order valence-corrected chi connectivity index (χ0v) is 13.3. The van der Waals surface area contributed by atoms with Crippen molar-refractivity contribution in [3.8, 4) is 10.4 Å². The van der Waals surface area contributed by atoms with Crippen LogP contribution in [0.15, 0.2) is 27.1 Å². The number of hydrogen-bond donors (Lipinski definition) is 2. The second kappa shape index (κ2) is 5.03. The average molecular weight is 391 g/mol. The maximum atomic E-state index is 11.1. The summed E-state index contributed by atoms with van der Waals surface area (Å²) in [6, 6.07) is 5.76. The molecule has 0 amide bonds. The number of aromatic carboxylic acids is 1. The summed E-state index contributed by atoms with van der Waals surface area (Å²) in [6.07, 6.45) is 0. The lowest BCUT2D eigenvalue weighted by Crippen LogP contribution is -1.97. The molecule has 6 heteroatoms. The summed E-state index contributed by atoms with van der Waals surface area (Å²) in [4.78, 5) is 12.1. The van der Waals surface area contributed by atoms with Crippen molar-refractivity contribution in [2.24, 2.45) is 0 Å². The van der Waals surface area contributed by atoms with E-state index in [1.807, 2.05) is 25.1 Å². The highest BCUT2D eigenvalue weighted by atomic mass is 79.9. The first-order chi connectivity index (χ1) is 8.41.